The van der Waals surface area contributed by atoms with Crippen LogP contribution in [0.5, 0.6) is 0 Å². The molecular weight excluding hydrogens is 889 g/mol. The zero-order valence-corrected chi connectivity index (χ0v) is 47.3. The lowest BCUT2D eigenvalue weighted by molar-refractivity contribution is 0.472. The van der Waals surface area contributed by atoms with Crippen molar-refractivity contribution in [2.45, 2.75) is 154 Å². The minimum absolute atomic E-state index is 0.122. The van der Waals surface area contributed by atoms with Gasteiger partial charge in [0.05, 0.1) is 9.73 Å². The molecule has 0 aromatic carbocycles. The van der Waals surface area contributed by atoms with Crippen LogP contribution in [0.3, 0.4) is 0 Å². The molecule has 2 unspecified atom stereocenters. The van der Waals surface area contributed by atoms with Crippen molar-refractivity contribution in [1.82, 2.24) is 0 Å². The number of rotatable bonds is 3. The van der Waals surface area contributed by atoms with E-state index in [1.807, 2.05) is 48.5 Å². The molecule has 0 N–H and O–H groups in total. The van der Waals surface area contributed by atoms with Crippen LogP contribution in [0.15, 0.2) is 26.2 Å². The van der Waals surface area contributed by atoms with E-state index in [4.69, 9.17) is 0 Å². The average Bonchev–Trinajstić information content (AvgIpc) is 3.96. The van der Waals surface area contributed by atoms with Crippen molar-refractivity contribution in [3.8, 4) is 0 Å². The normalized spacial score (nSPS) is 32.4. The summed E-state index contributed by atoms with van der Waals surface area (Å²) in [5, 5.41) is 0. The summed E-state index contributed by atoms with van der Waals surface area (Å²) >= 11 is 0. The first-order valence-electron chi connectivity index (χ1n) is 22.7. The Balaban J connectivity index is 0. The van der Waals surface area contributed by atoms with Crippen LogP contribution in [-0.4, -0.2) is 134 Å². The molecule has 18 heteroatoms. The van der Waals surface area contributed by atoms with E-state index in [2.05, 4.69) is 88.5 Å². The second kappa shape index (κ2) is 27.4. The summed E-state index contributed by atoms with van der Waals surface area (Å²) in [5.41, 5.74) is 0.473. The van der Waals surface area contributed by atoms with Crippen LogP contribution in [0, 0.1) is 16.2 Å². The Bertz CT molecular complexity index is 1880. The number of hydrogen-bond acceptors (Lipinski definition) is 12. The van der Waals surface area contributed by atoms with Gasteiger partial charge in [-0.3, -0.25) is 8.42 Å². The predicted octanol–water partition coefficient (Wildman–Crippen LogP) is 10.4. The third-order valence-corrected chi connectivity index (χ3v) is 24.3. The molecule has 370 valence electrons. The van der Waals surface area contributed by atoms with Crippen LogP contribution in [0.1, 0.15) is 149 Å². The molecule has 0 amide bonds. The van der Waals surface area contributed by atoms with Crippen LogP contribution in [-0.2, 0) is 58.4 Å². The molecule has 0 radical (unpaired) electrons. The van der Waals surface area contributed by atoms with E-state index >= 15 is 0 Å². The van der Waals surface area contributed by atoms with Crippen molar-refractivity contribution in [2.24, 2.45) is 42.4 Å². The molecule has 0 saturated heterocycles. The van der Waals surface area contributed by atoms with Crippen LogP contribution in [0.4, 0.5) is 0 Å². The molecule has 0 saturated carbocycles. The van der Waals surface area contributed by atoms with Gasteiger partial charge < -0.3 is 0 Å². The van der Waals surface area contributed by atoms with Gasteiger partial charge in [0.15, 0.2) is 0 Å². The van der Waals surface area contributed by atoms with Crippen molar-refractivity contribution < 1.29 is 25.3 Å². The van der Waals surface area contributed by atoms with Gasteiger partial charge in [-0.25, -0.2) is 43.0 Å². The first-order valence-corrected chi connectivity index (χ1v) is 34.1. The Morgan fingerprint density at radius 1 is 0.344 bits per heavy atom. The predicted molar refractivity (Wildman–Crippen MR) is 277 cm³/mol. The van der Waals surface area contributed by atoms with Crippen LogP contribution in [0.25, 0.3) is 0 Å². The molecule has 6 rings (SSSR count). The lowest BCUT2D eigenvalue weighted by Crippen LogP contribution is -2.27. The fourth-order valence-electron chi connectivity index (χ4n) is 6.49. The van der Waals surface area contributed by atoms with Gasteiger partial charge in [0.2, 0.25) is 0 Å². The first-order chi connectivity index (χ1) is 27.6. The van der Waals surface area contributed by atoms with Gasteiger partial charge >= 0.3 is 0 Å². The van der Waals surface area contributed by atoms with Crippen molar-refractivity contribution in [3.63, 3.8) is 0 Å². The molecule has 0 aromatic heterocycles. The van der Waals surface area contributed by atoms with Gasteiger partial charge in [0, 0.05) is 157 Å². The molecule has 0 bridgehead atoms. The molecule has 0 aromatic rings. The Hall–Kier alpha value is -0.300. The minimum atomic E-state index is -1.84. The molecule has 0 aliphatic carbocycles. The zero-order valence-electron chi connectivity index (χ0n) is 42.4. The van der Waals surface area contributed by atoms with Gasteiger partial charge in [-0.1, -0.05) is 90.0 Å². The highest BCUT2D eigenvalue weighted by Gasteiger charge is 2.29. The van der Waals surface area contributed by atoms with Gasteiger partial charge in [-0.05, 0) is 75.5 Å². The Kier molecular flexibility index (Phi) is 28.2. The van der Waals surface area contributed by atoms with E-state index in [1.54, 1.807) is 12.5 Å². The van der Waals surface area contributed by atoms with E-state index in [0.29, 0.717) is 0 Å². The first kappa shape index (κ1) is 62.8. The van der Waals surface area contributed by atoms with E-state index < -0.39 is 58.4 Å². The zero-order chi connectivity index (χ0) is 48.1. The van der Waals surface area contributed by atoms with Gasteiger partial charge in [-0.15, -0.1) is 0 Å². The molecule has 6 heterocycles. The fraction of sp³-hybridized carbons (Fsp3) is 1.00. The van der Waals surface area contributed by atoms with E-state index in [9.17, 15) is 25.3 Å². The standard InChI is InChI=1S/3C8H17NOS.C7H15NOS.2C4H9NOS.2C2H6/c3*1-8(2,3)7-11(10)6-4-5-9-11;1-7(2,3)10(9)6-4-5-8-10;2*1-7(6)4-2-3-5-7;2*1-2/h3*4-7H2,1-3H3;4-6H2,1-3H3;2*2-4H2,1H3;2*1-2H3/t2*11-;;;2*7-;;/m10..10../s1. The SMILES string of the molecule is CC.CC.CC(C)(C)CS1(=O)=NCCC1.CC(C)(C)C[S@@]1(=O)=NCCC1.CC(C)(C)C[S@]1(=O)=NCCC1.CC(C)(C)S1(=O)=NCCC1.C[S@@]1(=O)=NCCC1.C[S@]1(=O)=NCCC1. The average molecular weight is 986 g/mol. The maximum Gasteiger partial charge on any atom is 0.0518 e. The summed E-state index contributed by atoms with van der Waals surface area (Å²) < 4.78 is 93.4. The highest BCUT2D eigenvalue weighted by atomic mass is 32.2. The molecule has 6 aliphatic rings. The monoisotopic (exact) mass is 985 g/mol. The maximum absolute atomic E-state index is 11.8. The Morgan fingerprint density at radius 3 is 0.689 bits per heavy atom. The summed E-state index contributed by atoms with van der Waals surface area (Å²) in [7, 11) is -10.5. The molecule has 12 nitrogen and oxygen atoms in total. The fourth-order valence-corrected chi connectivity index (χ4v) is 19.5. The molecule has 0 spiro atoms. The molecule has 0 fully saturated rings. The molecule has 6 atom stereocenters. The quantitative estimate of drug-likeness (QED) is 0.272. The Labute approximate surface area is 381 Å². The van der Waals surface area contributed by atoms with Gasteiger partial charge in [-0.2, -0.15) is 0 Å². The number of nitrogens with zero attached hydrogens (tertiary/aromatic N) is 6. The van der Waals surface area contributed by atoms with E-state index in [1.165, 1.54) is 0 Å². The highest BCUT2D eigenvalue weighted by Crippen LogP contribution is 2.25. The van der Waals surface area contributed by atoms with E-state index in [0.717, 1.165) is 130 Å². The smallest absolute Gasteiger partial charge is 0.0518 e. The summed E-state index contributed by atoms with van der Waals surface area (Å²) in [6, 6.07) is 0. The summed E-state index contributed by atoms with van der Waals surface area (Å²) in [5.74, 6) is 7.19. The lowest BCUT2D eigenvalue weighted by atomic mass is 10.0. The summed E-state index contributed by atoms with van der Waals surface area (Å²) in [6.07, 6.45) is 9.57. The van der Waals surface area contributed by atoms with Gasteiger partial charge in [0.1, 0.15) is 0 Å². The molecule has 61 heavy (non-hydrogen) atoms. The van der Waals surface area contributed by atoms with Crippen molar-refractivity contribution in [3.05, 3.63) is 0 Å². The van der Waals surface area contributed by atoms with Crippen molar-refractivity contribution >= 4 is 58.4 Å². The largest absolute Gasteiger partial charge is 0.250 e. The van der Waals surface area contributed by atoms with Crippen molar-refractivity contribution in [1.29, 1.82) is 0 Å². The van der Waals surface area contributed by atoms with Gasteiger partial charge in [0.25, 0.3) is 0 Å². The third kappa shape index (κ3) is 30.5. The minimum Gasteiger partial charge on any atom is -0.250 e. The lowest BCUT2D eigenvalue weighted by Gasteiger charge is -2.20. The van der Waals surface area contributed by atoms with Crippen molar-refractivity contribution in [2.75, 3.05) is 104 Å². The van der Waals surface area contributed by atoms with E-state index in [-0.39, 0.29) is 21.0 Å². The maximum atomic E-state index is 11.8. The Morgan fingerprint density at radius 2 is 0.574 bits per heavy atom. The molecule has 6 aliphatic heterocycles. The van der Waals surface area contributed by atoms with Crippen LogP contribution in [0.2, 0.25) is 0 Å². The molecular formula is C43H96N6O6S6. The summed E-state index contributed by atoms with van der Waals surface area (Å²) in [6.45, 7) is 38.0. The topological polar surface area (TPSA) is 177 Å². The number of hydrogen-bond donors (Lipinski definition) is 0. The summed E-state index contributed by atoms with van der Waals surface area (Å²) in [4.78, 5) is 0. The second-order valence-electron chi connectivity index (χ2n) is 20.6. The highest BCUT2D eigenvalue weighted by molar-refractivity contribution is 7.95. The second-order valence-corrected chi connectivity index (χ2v) is 36.4. The van der Waals surface area contributed by atoms with Crippen LogP contribution < -0.4 is 0 Å². The van der Waals surface area contributed by atoms with Crippen LogP contribution >= 0.6 is 0 Å². The third-order valence-electron chi connectivity index (χ3n) is 8.75.